The van der Waals surface area contributed by atoms with E-state index in [1.54, 1.807) is 0 Å². The maximum Gasteiger partial charge on any atom is 0.147 e. The number of piperidine rings is 1. The summed E-state index contributed by atoms with van der Waals surface area (Å²) in [5.74, 6) is 0.616. The van der Waals surface area contributed by atoms with Crippen LogP contribution in [0.15, 0.2) is 30.3 Å². The molecule has 1 N–H and O–H groups in total. The van der Waals surface area contributed by atoms with E-state index in [0.29, 0.717) is 5.92 Å². The first-order chi connectivity index (χ1) is 10.5. The average Bonchev–Trinajstić information content (AvgIpc) is 2.51. The normalized spacial score (nSPS) is 19.2. The Balaban J connectivity index is 1.69. The van der Waals surface area contributed by atoms with E-state index in [-0.39, 0.29) is 11.9 Å². The van der Waals surface area contributed by atoms with Crippen molar-refractivity contribution in [1.82, 2.24) is 4.90 Å². The Labute approximate surface area is 134 Å². The second-order valence-corrected chi connectivity index (χ2v) is 8.63. The lowest BCUT2D eigenvalue weighted by Gasteiger charge is -2.34. The molecule has 0 bridgehead atoms. The number of hydrogen-bond acceptors (Lipinski definition) is 4. The number of benzene rings is 1. The summed E-state index contributed by atoms with van der Waals surface area (Å²) in [6.45, 7) is 2.95. The molecule has 4 nitrogen and oxygen atoms in total. The number of likely N-dealkylation sites (tertiary alicyclic amines) is 1. The van der Waals surface area contributed by atoms with Crippen molar-refractivity contribution >= 4 is 9.84 Å². The molecular formula is C17H27NO3S. The Morgan fingerprint density at radius 1 is 1.18 bits per heavy atom. The number of hydrogen-bond donors (Lipinski definition) is 1. The molecule has 0 spiro atoms. The zero-order chi connectivity index (χ0) is 16.0. The zero-order valence-corrected chi connectivity index (χ0v) is 14.1. The van der Waals surface area contributed by atoms with Gasteiger partial charge < -0.3 is 10.0 Å². The highest BCUT2D eigenvalue weighted by Crippen LogP contribution is 2.30. The van der Waals surface area contributed by atoms with Crippen molar-refractivity contribution in [2.75, 3.05) is 31.6 Å². The third-order valence-electron chi connectivity index (χ3n) is 4.46. The number of unbranched alkanes of at least 4 members (excludes halogenated alkanes) is 1. The minimum atomic E-state index is -2.83. The molecule has 1 aromatic carbocycles. The van der Waals surface area contributed by atoms with Crippen LogP contribution in [0.4, 0.5) is 0 Å². The fourth-order valence-corrected chi connectivity index (χ4v) is 3.84. The average molecular weight is 325 g/mol. The largest absolute Gasteiger partial charge is 0.388 e. The molecule has 0 amide bonds. The van der Waals surface area contributed by atoms with Crippen LogP contribution in [0.25, 0.3) is 0 Å². The highest BCUT2D eigenvalue weighted by atomic mass is 32.2. The van der Waals surface area contributed by atoms with Gasteiger partial charge in [0.2, 0.25) is 0 Å². The fourth-order valence-electron chi connectivity index (χ4n) is 3.11. The highest BCUT2D eigenvalue weighted by molar-refractivity contribution is 7.90. The minimum Gasteiger partial charge on any atom is -0.388 e. The summed E-state index contributed by atoms with van der Waals surface area (Å²) in [6.07, 6.45) is 4.60. The second kappa shape index (κ2) is 8.09. The van der Waals surface area contributed by atoms with Crippen LogP contribution in [0.5, 0.6) is 0 Å². The molecule has 22 heavy (non-hydrogen) atoms. The van der Waals surface area contributed by atoms with Gasteiger partial charge in [0.05, 0.1) is 6.10 Å². The molecule has 1 aliphatic rings. The molecule has 5 heteroatoms. The number of aliphatic hydroxyl groups is 1. The van der Waals surface area contributed by atoms with E-state index in [9.17, 15) is 13.5 Å². The predicted molar refractivity (Wildman–Crippen MR) is 89.5 cm³/mol. The van der Waals surface area contributed by atoms with Crippen LogP contribution in [0.2, 0.25) is 0 Å². The molecule has 0 aromatic heterocycles. The van der Waals surface area contributed by atoms with Crippen LogP contribution in [0, 0.1) is 5.92 Å². The summed E-state index contributed by atoms with van der Waals surface area (Å²) < 4.78 is 22.2. The van der Waals surface area contributed by atoms with E-state index in [4.69, 9.17) is 0 Å². The lowest BCUT2D eigenvalue weighted by atomic mass is 9.87. The topological polar surface area (TPSA) is 57.6 Å². The van der Waals surface area contributed by atoms with Crippen molar-refractivity contribution in [3.63, 3.8) is 0 Å². The maximum absolute atomic E-state index is 11.1. The van der Waals surface area contributed by atoms with Crippen LogP contribution in [0.3, 0.4) is 0 Å². The smallest absolute Gasteiger partial charge is 0.147 e. The molecule has 124 valence electrons. The first kappa shape index (κ1) is 17.4. The van der Waals surface area contributed by atoms with Crippen molar-refractivity contribution in [2.45, 2.75) is 31.8 Å². The molecule has 0 saturated carbocycles. The van der Waals surface area contributed by atoms with Crippen LogP contribution in [-0.4, -0.2) is 50.1 Å². The van der Waals surface area contributed by atoms with Gasteiger partial charge in [0, 0.05) is 12.0 Å². The van der Waals surface area contributed by atoms with Crippen molar-refractivity contribution in [2.24, 2.45) is 5.92 Å². The first-order valence-corrected chi connectivity index (χ1v) is 10.1. The lowest BCUT2D eigenvalue weighted by Crippen LogP contribution is -2.36. The Bertz CT molecular complexity index is 536. The van der Waals surface area contributed by atoms with E-state index in [1.807, 2.05) is 30.3 Å². The molecule has 1 fully saturated rings. The standard InChI is InChI=1S/C17H27NO3S/c1-22(20,21)14-6-5-11-18-12-9-16(10-13-18)17(19)15-7-3-2-4-8-15/h2-4,7-8,16-17,19H,5-6,9-14H2,1H3. The molecular weight excluding hydrogens is 298 g/mol. The Morgan fingerprint density at radius 2 is 1.82 bits per heavy atom. The van der Waals surface area contributed by atoms with Crippen molar-refractivity contribution in [3.8, 4) is 0 Å². The molecule has 1 atom stereocenters. The van der Waals surface area contributed by atoms with Gasteiger partial charge in [-0.25, -0.2) is 8.42 Å². The van der Waals surface area contributed by atoms with Gasteiger partial charge in [-0.05, 0) is 56.8 Å². The first-order valence-electron chi connectivity index (χ1n) is 8.09. The number of nitrogens with zero attached hydrogens (tertiary/aromatic N) is 1. The highest BCUT2D eigenvalue weighted by Gasteiger charge is 2.25. The summed E-state index contributed by atoms with van der Waals surface area (Å²) in [7, 11) is -2.83. The molecule has 1 aliphatic heterocycles. The third kappa shape index (κ3) is 5.71. The minimum absolute atomic E-state index is 0.288. The van der Waals surface area contributed by atoms with Crippen molar-refractivity contribution < 1.29 is 13.5 Å². The molecule has 2 rings (SSSR count). The number of sulfone groups is 1. The molecule has 1 heterocycles. The Kier molecular flexibility index (Phi) is 6.41. The van der Waals surface area contributed by atoms with Crippen LogP contribution < -0.4 is 0 Å². The summed E-state index contributed by atoms with van der Waals surface area (Å²) in [4.78, 5) is 2.39. The number of aliphatic hydroxyl groups excluding tert-OH is 1. The third-order valence-corrected chi connectivity index (χ3v) is 5.49. The van der Waals surface area contributed by atoms with Crippen molar-refractivity contribution in [1.29, 1.82) is 0 Å². The van der Waals surface area contributed by atoms with E-state index in [0.717, 1.165) is 50.9 Å². The maximum atomic E-state index is 11.1. The van der Waals surface area contributed by atoms with Crippen molar-refractivity contribution in [3.05, 3.63) is 35.9 Å². The van der Waals surface area contributed by atoms with Crippen LogP contribution in [-0.2, 0) is 9.84 Å². The van der Waals surface area contributed by atoms with Gasteiger partial charge in [-0.1, -0.05) is 30.3 Å². The van der Waals surface area contributed by atoms with Crippen LogP contribution in [0.1, 0.15) is 37.4 Å². The Morgan fingerprint density at radius 3 is 2.41 bits per heavy atom. The van der Waals surface area contributed by atoms with E-state index < -0.39 is 9.84 Å². The molecule has 1 unspecified atom stereocenters. The fraction of sp³-hybridized carbons (Fsp3) is 0.647. The van der Waals surface area contributed by atoms with Gasteiger partial charge in [0.1, 0.15) is 9.84 Å². The van der Waals surface area contributed by atoms with E-state index >= 15 is 0 Å². The lowest BCUT2D eigenvalue weighted by molar-refractivity contribution is 0.0586. The summed E-state index contributed by atoms with van der Waals surface area (Å²) >= 11 is 0. The van der Waals surface area contributed by atoms with Crippen LogP contribution >= 0.6 is 0 Å². The summed E-state index contributed by atoms with van der Waals surface area (Å²) in [5, 5.41) is 10.4. The number of rotatable bonds is 7. The predicted octanol–water partition coefficient (Wildman–Crippen LogP) is 2.26. The van der Waals surface area contributed by atoms with Gasteiger partial charge in [-0.15, -0.1) is 0 Å². The molecule has 0 aliphatic carbocycles. The second-order valence-electron chi connectivity index (χ2n) is 6.37. The monoisotopic (exact) mass is 325 g/mol. The molecule has 0 radical (unpaired) electrons. The summed E-state index contributed by atoms with van der Waals surface area (Å²) in [5.41, 5.74) is 1.01. The Hall–Kier alpha value is -0.910. The quantitative estimate of drug-likeness (QED) is 0.781. The van der Waals surface area contributed by atoms with Gasteiger partial charge >= 0.3 is 0 Å². The molecule has 1 aromatic rings. The van der Waals surface area contributed by atoms with Gasteiger partial charge in [-0.2, -0.15) is 0 Å². The molecule has 1 saturated heterocycles. The van der Waals surface area contributed by atoms with Gasteiger partial charge in [0.15, 0.2) is 0 Å². The summed E-state index contributed by atoms with van der Waals surface area (Å²) in [6, 6.07) is 9.88. The zero-order valence-electron chi connectivity index (χ0n) is 13.3. The van der Waals surface area contributed by atoms with E-state index in [2.05, 4.69) is 4.90 Å². The van der Waals surface area contributed by atoms with E-state index in [1.165, 1.54) is 6.26 Å². The van der Waals surface area contributed by atoms with Gasteiger partial charge in [0.25, 0.3) is 0 Å². The van der Waals surface area contributed by atoms with Gasteiger partial charge in [-0.3, -0.25) is 0 Å². The SMILES string of the molecule is CS(=O)(=O)CCCCN1CCC(C(O)c2ccccc2)CC1.